The number of nitrogens with one attached hydrogen (secondary N) is 2. The van der Waals surface area contributed by atoms with Crippen LogP contribution < -0.4 is 15.4 Å². The Bertz CT molecular complexity index is 801. The zero-order chi connectivity index (χ0) is 20.3. The first-order chi connectivity index (χ1) is 14.1. The fourth-order valence-electron chi connectivity index (χ4n) is 4.68. The summed E-state index contributed by atoms with van der Waals surface area (Å²) in [7, 11) is 0. The molecule has 0 atom stereocenters. The third-order valence-electron chi connectivity index (χ3n) is 6.25. The SMILES string of the molecule is O=C(CCCN1C(=O)NC2(CCCC2)C1=O)NCCOc1ccc2c(c1)CCC2. The second-order valence-electron chi connectivity index (χ2n) is 8.26. The lowest BCUT2D eigenvalue weighted by Gasteiger charge is -2.19. The van der Waals surface area contributed by atoms with Crippen LogP contribution in [-0.4, -0.2) is 48.0 Å². The first kappa shape index (κ1) is 19.7. The maximum absolute atomic E-state index is 12.6. The summed E-state index contributed by atoms with van der Waals surface area (Å²) in [6.07, 6.45) is 7.60. The van der Waals surface area contributed by atoms with Crippen molar-refractivity contribution in [3.05, 3.63) is 29.3 Å². The minimum absolute atomic E-state index is 0.0924. The lowest BCUT2D eigenvalue weighted by molar-refractivity contribution is -0.131. The van der Waals surface area contributed by atoms with Gasteiger partial charge in [-0.3, -0.25) is 14.5 Å². The highest BCUT2D eigenvalue weighted by Gasteiger charge is 2.51. The van der Waals surface area contributed by atoms with Crippen molar-refractivity contribution in [1.29, 1.82) is 0 Å². The molecule has 0 radical (unpaired) electrons. The Labute approximate surface area is 171 Å². The van der Waals surface area contributed by atoms with Crippen molar-refractivity contribution in [2.75, 3.05) is 19.7 Å². The standard InChI is InChI=1S/C22H29N3O4/c26-19(23-12-14-29-18-9-8-16-5-3-6-17(16)15-18)7-4-13-25-20(27)22(24-21(25)28)10-1-2-11-22/h8-9,15H,1-7,10-14H2,(H,23,26)(H,24,28). The van der Waals surface area contributed by atoms with Crippen LogP contribution >= 0.6 is 0 Å². The predicted molar refractivity (Wildman–Crippen MR) is 108 cm³/mol. The molecule has 1 spiro atoms. The Balaban J connectivity index is 1.13. The Morgan fingerprint density at radius 3 is 2.76 bits per heavy atom. The highest BCUT2D eigenvalue weighted by molar-refractivity contribution is 6.07. The molecule has 29 heavy (non-hydrogen) atoms. The summed E-state index contributed by atoms with van der Waals surface area (Å²) in [5.41, 5.74) is 2.11. The number of imide groups is 1. The number of aryl methyl sites for hydroxylation is 2. The van der Waals surface area contributed by atoms with Crippen LogP contribution in [0.4, 0.5) is 4.79 Å². The van der Waals surface area contributed by atoms with E-state index >= 15 is 0 Å². The van der Waals surface area contributed by atoms with Crippen LogP contribution in [0.2, 0.25) is 0 Å². The fraction of sp³-hybridized carbons (Fsp3) is 0.591. The third-order valence-corrected chi connectivity index (χ3v) is 6.25. The predicted octanol–water partition coefficient (Wildman–Crippen LogP) is 2.32. The van der Waals surface area contributed by atoms with Gasteiger partial charge in [0.05, 0.1) is 6.54 Å². The van der Waals surface area contributed by atoms with Crippen LogP contribution in [0.25, 0.3) is 0 Å². The van der Waals surface area contributed by atoms with Crippen molar-refractivity contribution < 1.29 is 19.1 Å². The molecule has 0 bridgehead atoms. The highest BCUT2D eigenvalue weighted by atomic mass is 16.5. The molecule has 1 saturated heterocycles. The summed E-state index contributed by atoms with van der Waals surface area (Å²) in [6.45, 7) is 1.13. The smallest absolute Gasteiger partial charge is 0.325 e. The number of hydrogen-bond donors (Lipinski definition) is 2. The molecule has 2 fully saturated rings. The van der Waals surface area contributed by atoms with E-state index in [0.29, 0.717) is 19.6 Å². The van der Waals surface area contributed by atoms with Crippen molar-refractivity contribution >= 4 is 17.8 Å². The summed E-state index contributed by atoms with van der Waals surface area (Å²) in [5.74, 6) is 0.632. The van der Waals surface area contributed by atoms with Gasteiger partial charge in [0.15, 0.2) is 0 Å². The number of nitrogens with zero attached hydrogens (tertiary/aromatic N) is 1. The minimum atomic E-state index is -0.672. The number of benzene rings is 1. The molecule has 1 heterocycles. The molecule has 1 aromatic rings. The van der Waals surface area contributed by atoms with Crippen molar-refractivity contribution in [2.45, 2.75) is 63.3 Å². The molecule has 4 rings (SSSR count). The topological polar surface area (TPSA) is 87.7 Å². The van der Waals surface area contributed by atoms with Crippen molar-refractivity contribution in [3.63, 3.8) is 0 Å². The fourth-order valence-corrected chi connectivity index (χ4v) is 4.68. The van der Waals surface area contributed by atoms with E-state index in [1.807, 2.05) is 6.07 Å². The van der Waals surface area contributed by atoms with Crippen molar-refractivity contribution in [1.82, 2.24) is 15.5 Å². The number of ether oxygens (including phenoxy) is 1. The number of urea groups is 1. The molecule has 3 aliphatic rings. The maximum atomic E-state index is 12.6. The van der Waals surface area contributed by atoms with Gasteiger partial charge in [-0.15, -0.1) is 0 Å². The maximum Gasteiger partial charge on any atom is 0.325 e. The summed E-state index contributed by atoms with van der Waals surface area (Å²) in [4.78, 5) is 38.0. The first-order valence-corrected chi connectivity index (χ1v) is 10.7. The second kappa shape index (κ2) is 8.43. The average Bonchev–Trinajstić information content (AvgIpc) is 3.42. The summed E-state index contributed by atoms with van der Waals surface area (Å²) >= 11 is 0. The van der Waals surface area contributed by atoms with Crippen LogP contribution in [0.3, 0.4) is 0 Å². The van der Waals surface area contributed by atoms with Crippen molar-refractivity contribution in [2.24, 2.45) is 0 Å². The molecular formula is C22H29N3O4. The van der Waals surface area contributed by atoms with Gasteiger partial charge in [-0.05, 0) is 61.8 Å². The lowest BCUT2D eigenvalue weighted by atomic mass is 9.98. The molecule has 156 valence electrons. The van der Waals surface area contributed by atoms with Crippen LogP contribution in [0.15, 0.2) is 18.2 Å². The van der Waals surface area contributed by atoms with E-state index in [9.17, 15) is 14.4 Å². The number of carbonyl (C=O) groups excluding carboxylic acids is 3. The van der Waals surface area contributed by atoms with Crippen LogP contribution in [-0.2, 0) is 22.4 Å². The van der Waals surface area contributed by atoms with Gasteiger partial charge in [-0.2, -0.15) is 0 Å². The van der Waals surface area contributed by atoms with Gasteiger partial charge < -0.3 is 15.4 Å². The molecule has 1 aliphatic heterocycles. The molecule has 1 aromatic carbocycles. The summed E-state index contributed by atoms with van der Waals surface area (Å²) in [6, 6.07) is 5.89. The normalized spacial score (nSPS) is 19.5. The van der Waals surface area contributed by atoms with Gasteiger partial charge in [-0.25, -0.2) is 4.79 Å². The average molecular weight is 399 g/mol. The lowest BCUT2D eigenvalue weighted by Crippen LogP contribution is -2.44. The van der Waals surface area contributed by atoms with Gasteiger partial charge in [0, 0.05) is 13.0 Å². The Morgan fingerprint density at radius 2 is 1.93 bits per heavy atom. The zero-order valence-electron chi connectivity index (χ0n) is 16.8. The number of hydrogen-bond acceptors (Lipinski definition) is 4. The minimum Gasteiger partial charge on any atom is -0.492 e. The summed E-state index contributed by atoms with van der Waals surface area (Å²) in [5, 5.41) is 5.69. The molecule has 2 aliphatic carbocycles. The Kier molecular flexibility index (Phi) is 5.74. The largest absolute Gasteiger partial charge is 0.492 e. The van der Waals surface area contributed by atoms with Gasteiger partial charge in [0.25, 0.3) is 5.91 Å². The van der Waals surface area contributed by atoms with E-state index in [2.05, 4.69) is 22.8 Å². The number of amides is 4. The highest BCUT2D eigenvalue weighted by Crippen LogP contribution is 2.35. The number of rotatable bonds is 8. The van der Waals surface area contributed by atoms with Crippen LogP contribution in [0.5, 0.6) is 5.75 Å². The Morgan fingerprint density at radius 1 is 1.14 bits per heavy atom. The van der Waals surface area contributed by atoms with E-state index in [-0.39, 0.29) is 30.8 Å². The summed E-state index contributed by atoms with van der Waals surface area (Å²) < 4.78 is 5.73. The Hall–Kier alpha value is -2.57. The molecule has 7 heteroatoms. The van der Waals surface area contributed by atoms with Gasteiger partial charge in [-0.1, -0.05) is 18.9 Å². The molecule has 2 N–H and O–H groups in total. The van der Waals surface area contributed by atoms with Crippen molar-refractivity contribution in [3.8, 4) is 5.75 Å². The van der Waals surface area contributed by atoms with Gasteiger partial charge >= 0.3 is 6.03 Å². The number of fused-ring (bicyclic) bond motifs is 1. The van der Waals surface area contributed by atoms with E-state index in [1.165, 1.54) is 22.4 Å². The van der Waals surface area contributed by atoms with Crippen LogP contribution in [0, 0.1) is 0 Å². The molecule has 4 amide bonds. The van der Waals surface area contributed by atoms with E-state index in [0.717, 1.165) is 44.3 Å². The van der Waals surface area contributed by atoms with E-state index in [4.69, 9.17) is 4.74 Å². The third kappa shape index (κ3) is 4.23. The molecule has 1 saturated carbocycles. The zero-order valence-corrected chi connectivity index (χ0v) is 16.8. The monoisotopic (exact) mass is 399 g/mol. The molecular weight excluding hydrogens is 370 g/mol. The number of carbonyl (C=O) groups is 3. The quantitative estimate of drug-likeness (QED) is 0.519. The molecule has 0 unspecified atom stereocenters. The second-order valence-corrected chi connectivity index (χ2v) is 8.26. The first-order valence-electron chi connectivity index (χ1n) is 10.7. The molecule has 7 nitrogen and oxygen atoms in total. The van der Waals surface area contributed by atoms with Crippen LogP contribution in [0.1, 0.15) is 56.1 Å². The van der Waals surface area contributed by atoms with Gasteiger partial charge in [0.2, 0.25) is 5.91 Å². The van der Waals surface area contributed by atoms with E-state index < -0.39 is 5.54 Å². The van der Waals surface area contributed by atoms with E-state index in [1.54, 1.807) is 0 Å². The van der Waals surface area contributed by atoms with Gasteiger partial charge in [0.1, 0.15) is 17.9 Å². The molecule has 0 aromatic heterocycles.